The van der Waals surface area contributed by atoms with Crippen LogP contribution in [0.3, 0.4) is 0 Å². The molecule has 0 aromatic heterocycles. The Morgan fingerprint density at radius 3 is 2.68 bits per heavy atom. The lowest BCUT2D eigenvalue weighted by Gasteiger charge is -2.16. The third kappa shape index (κ3) is 6.94. The van der Waals surface area contributed by atoms with Crippen molar-refractivity contribution in [3.05, 3.63) is 29.8 Å². The van der Waals surface area contributed by atoms with Gasteiger partial charge in [-0.2, -0.15) is 0 Å². The Hall–Kier alpha value is -1.76. The van der Waals surface area contributed by atoms with Crippen LogP contribution in [0.5, 0.6) is 5.75 Å². The standard InChI is InChI=1S/C18H29N3O3S/c1-3-4-12-24-17-7-5-15(6-8-17)9-11-20-18(19-2)21-16-10-13-25(22,23)14-16/h5-8,16H,3-4,9-14H2,1-2H3,(H2,19,20,21). The first-order valence-electron chi connectivity index (χ1n) is 8.92. The lowest BCUT2D eigenvalue weighted by molar-refractivity contribution is 0.309. The van der Waals surface area contributed by atoms with Gasteiger partial charge >= 0.3 is 0 Å². The fourth-order valence-corrected chi connectivity index (χ4v) is 4.38. The van der Waals surface area contributed by atoms with Crippen LogP contribution in [0.15, 0.2) is 29.3 Å². The van der Waals surface area contributed by atoms with Crippen LogP contribution in [0.1, 0.15) is 31.7 Å². The minimum atomic E-state index is -2.88. The number of benzene rings is 1. The molecule has 0 radical (unpaired) electrons. The molecule has 1 unspecified atom stereocenters. The molecular formula is C18H29N3O3S. The molecule has 1 aromatic rings. The van der Waals surface area contributed by atoms with Crippen molar-refractivity contribution in [1.82, 2.24) is 10.6 Å². The van der Waals surface area contributed by atoms with E-state index < -0.39 is 9.84 Å². The molecular weight excluding hydrogens is 338 g/mol. The predicted octanol–water partition coefficient (Wildman–Crippen LogP) is 1.76. The zero-order chi connectivity index (χ0) is 18.1. The molecule has 1 aliphatic rings. The van der Waals surface area contributed by atoms with Crippen LogP contribution in [-0.2, 0) is 16.3 Å². The highest BCUT2D eigenvalue weighted by Gasteiger charge is 2.28. The highest BCUT2D eigenvalue weighted by atomic mass is 32.2. The van der Waals surface area contributed by atoms with E-state index in [2.05, 4.69) is 34.7 Å². The predicted molar refractivity (Wildman–Crippen MR) is 102 cm³/mol. The average Bonchev–Trinajstić information content (AvgIpc) is 2.94. The molecule has 2 rings (SSSR count). The maximum Gasteiger partial charge on any atom is 0.191 e. The van der Waals surface area contributed by atoms with Gasteiger partial charge in [0.1, 0.15) is 5.75 Å². The van der Waals surface area contributed by atoms with Gasteiger partial charge in [-0.15, -0.1) is 0 Å². The van der Waals surface area contributed by atoms with E-state index in [1.54, 1.807) is 7.05 Å². The highest BCUT2D eigenvalue weighted by molar-refractivity contribution is 7.91. The molecule has 1 aromatic carbocycles. The Kier molecular flexibility index (Phi) is 7.55. The van der Waals surface area contributed by atoms with E-state index in [9.17, 15) is 8.42 Å². The largest absolute Gasteiger partial charge is 0.494 e. The van der Waals surface area contributed by atoms with Gasteiger partial charge in [-0.1, -0.05) is 25.5 Å². The van der Waals surface area contributed by atoms with Crippen molar-refractivity contribution in [2.75, 3.05) is 31.7 Å². The number of nitrogens with one attached hydrogen (secondary N) is 2. The summed E-state index contributed by atoms with van der Waals surface area (Å²) in [7, 11) is -1.19. The number of aliphatic imine (C=N–C) groups is 1. The Bertz CT molecular complexity index is 657. The van der Waals surface area contributed by atoms with Gasteiger partial charge in [0, 0.05) is 19.6 Å². The maximum atomic E-state index is 11.5. The van der Waals surface area contributed by atoms with Crippen molar-refractivity contribution in [3.63, 3.8) is 0 Å². The van der Waals surface area contributed by atoms with E-state index in [-0.39, 0.29) is 17.5 Å². The molecule has 1 heterocycles. The first-order valence-corrected chi connectivity index (χ1v) is 10.7. The van der Waals surface area contributed by atoms with E-state index >= 15 is 0 Å². The lowest BCUT2D eigenvalue weighted by Crippen LogP contribution is -2.44. The number of hydrogen-bond donors (Lipinski definition) is 2. The van der Waals surface area contributed by atoms with Crippen LogP contribution in [0.25, 0.3) is 0 Å². The van der Waals surface area contributed by atoms with Crippen LogP contribution in [-0.4, -0.2) is 52.1 Å². The average molecular weight is 368 g/mol. The van der Waals surface area contributed by atoms with Gasteiger partial charge in [0.2, 0.25) is 0 Å². The molecule has 6 nitrogen and oxygen atoms in total. The Labute approximate surface area is 151 Å². The molecule has 0 aliphatic carbocycles. The molecule has 0 bridgehead atoms. The summed E-state index contributed by atoms with van der Waals surface area (Å²) in [5, 5.41) is 6.43. The van der Waals surface area contributed by atoms with Gasteiger partial charge in [-0.25, -0.2) is 8.42 Å². The number of nitrogens with zero attached hydrogens (tertiary/aromatic N) is 1. The third-order valence-electron chi connectivity index (χ3n) is 4.19. The second kappa shape index (κ2) is 9.65. The zero-order valence-corrected chi connectivity index (χ0v) is 15.9. The molecule has 0 spiro atoms. The number of guanidine groups is 1. The molecule has 1 aliphatic heterocycles. The van der Waals surface area contributed by atoms with Gasteiger partial charge < -0.3 is 15.4 Å². The van der Waals surface area contributed by atoms with E-state index in [4.69, 9.17) is 4.74 Å². The summed E-state index contributed by atoms with van der Waals surface area (Å²) < 4.78 is 28.7. The summed E-state index contributed by atoms with van der Waals surface area (Å²) in [5.74, 6) is 2.01. The quantitative estimate of drug-likeness (QED) is 0.416. The minimum absolute atomic E-state index is 0.0456. The van der Waals surface area contributed by atoms with Crippen molar-refractivity contribution in [1.29, 1.82) is 0 Å². The second-order valence-corrected chi connectivity index (χ2v) is 8.57. The van der Waals surface area contributed by atoms with Gasteiger partial charge in [-0.05, 0) is 37.0 Å². The molecule has 1 fully saturated rings. The summed E-state index contributed by atoms with van der Waals surface area (Å²) in [6, 6.07) is 8.10. The minimum Gasteiger partial charge on any atom is -0.494 e. The topological polar surface area (TPSA) is 79.8 Å². The van der Waals surface area contributed by atoms with Crippen LogP contribution in [0.2, 0.25) is 0 Å². The van der Waals surface area contributed by atoms with Crippen molar-refractivity contribution < 1.29 is 13.2 Å². The molecule has 0 saturated carbocycles. The van der Waals surface area contributed by atoms with E-state index in [1.807, 2.05) is 12.1 Å². The maximum absolute atomic E-state index is 11.5. The number of hydrogen-bond acceptors (Lipinski definition) is 4. The van der Waals surface area contributed by atoms with Crippen LogP contribution in [0, 0.1) is 0 Å². The van der Waals surface area contributed by atoms with E-state index in [0.29, 0.717) is 12.4 Å². The highest BCUT2D eigenvalue weighted by Crippen LogP contribution is 2.13. The first-order chi connectivity index (χ1) is 12.0. The summed E-state index contributed by atoms with van der Waals surface area (Å²) in [4.78, 5) is 4.17. The summed E-state index contributed by atoms with van der Waals surface area (Å²) >= 11 is 0. The Balaban J connectivity index is 1.71. The molecule has 1 saturated heterocycles. The normalized spacial score (nSPS) is 19.6. The van der Waals surface area contributed by atoms with Crippen molar-refractivity contribution in [2.24, 2.45) is 4.99 Å². The van der Waals surface area contributed by atoms with Crippen molar-refractivity contribution in [3.8, 4) is 5.75 Å². The monoisotopic (exact) mass is 367 g/mol. The number of sulfone groups is 1. The molecule has 2 N–H and O–H groups in total. The molecule has 1 atom stereocenters. The van der Waals surface area contributed by atoms with Gasteiger partial charge in [0.05, 0.1) is 18.1 Å². The Morgan fingerprint density at radius 2 is 2.08 bits per heavy atom. The number of unbranched alkanes of at least 4 members (excludes halogenated alkanes) is 1. The van der Waals surface area contributed by atoms with Crippen LogP contribution >= 0.6 is 0 Å². The van der Waals surface area contributed by atoms with Crippen molar-refractivity contribution in [2.45, 2.75) is 38.6 Å². The van der Waals surface area contributed by atoms with Crippen LogP contribution < -0.4 is 15.4 Å². The molecule has 7 heteroatoms. The molecule has 140 valence electrons. The number of ether oxygens (including phenoxy) is 1. The summed E-state index contributed by atoms with van der Waals surface area (Å²) in [6.45, 7) is 3.64. The number of rotatable bonds is 8. The smallest absolute Gasteiger partial charge is 0.191 e. The molecule has 25 heavy (non-hydrogen) atoms. The zero-order valence-electron chi connectivity index (χ0n) is 15.1. The van der Waals surface area contributed by atoms with Gasteiger partial charge in [0.25, 0.3) is 0 Å². The van der Waals surface area contributed by atoms with E-state index in [1.165, 1.54) is 5.56 Å². The van der Waals surface area contributed by atoms with Gasteiger partial charge in [0.15, 0.2) is 15.8 Å². The first kappa shape index (κ1) is 19.6. The SMILES string of the molecule is CCCCOc1ccc(CCNC(=NC)NC2CCS(=O)(=O)C2)cc1. The van der Waals surface area contributed by atoms with Crippen molar-refractivity contribution >= 4 is 15.8 Å². The van der Waals surface area contributed by atoms with Gasteiger partial charge in [-0.3, -0.25) is 4.99 Å². The summed E-state index contributed by atoms with van der Waals surface area (Å²) in [6.07, 6.45) is 3.70. The lowest BCUT2D eigenvalue weighted by atomic mass is 10.1. The second-order valence-electron chi connectivity index (χ2n) is 6.34. The summed E-state index contributed by atoms with van der Waals surface area (Å²) in [5.41, 5.74) is 1.22. The molecule has 0 amide bonds. The third-order valence-corrected chi connectivity index (χ3v) is 5.96. The fourth-order valence-electron chi connectivity index (χ4n) is 2.71. The Morgan fingerprint density at radius 1 is 1.32 bits per heavy atom. The van der Waals surface area contributed by atoms with Crippen LogP contribution in [0.4, 0.5) is 0 Å². The van der Waals surface area contributed by atoms with E-state index in [0.717, 1.165) is 38.2 Å². The fraction of sp³-hybridized carbons (Fsp3) is 0.611.